The quantitative estimate of drug-likeness (QED) is 0.851. The molecule has 2 aromatic carbocycles. The van der Waals surface area contributed by atoms with Crippen molar-refractivity contribution in [1.29, 1.82) is 0 Å². The van der Waals surface area contributed by atoms with Crippen LogP contribution < -0.4 is 5.32 Å². The fourth-order valence-corrected chi connectivity index (χ4v) is 3.53. The molecular formula is C19H20ClNO. The first-order chi connectivity index (χ1) is 10.6. The summed E-state index contributed by atoms with van der Waals surface area (Å²) in [4.78, 5) is 11.4. The minimum absolute atomic E-state index is 0.0283. The number of carbonyl (C=O) groups excluding carboxylic acids is 1. The van der Waals surface area contributed by atoms with Crippen molar-refractivity contribution >= 4 is 17.5 Å². The Labute approximate surface area is 136 Å². The number of amides is 1. The Kier molecular flexibility index (Phi) is 4.21. The molecule has 2 nitrogen and oxygen atoms in total. The molecule has 0 aromatic heterocycles. The van der Waals surface area contributed by atoms with E-state index in [9.17, 15) is 4.79 Å². The molecule has 0 spiro atoms. The third kappa shape index (κ3) is 2.89. The van der Waals surface area contributed by atoms with E-state index in [2.05, 4.69) is 35.6 Å². The zero-order valence-corrected chi connectivity index (χ0v) is 13.7. The summed E-state index contributed by atoms with van der Waals surface area (Å²) in [5.41, 5.74) is 4.96. The maximum absolute atomic E-state index is 11.4. The molecule has 2 atom stereocenters. The number of benzene rings is 2. The van der Waals surface area contributed by atoms with Gasteiger partial charge in [-0.3, -0.25) is 4.79 Å². The van der Waals surface area contributed by atoms with Crippen LogP contribution in [0, 0.1) is 6.92 Å². The lowest BCUT2D eigenvalue weighted by Crippen LogP contribution is -2.30. The zero-order valence-electron chi connectivity index (χ0n) is 12.9. The first-order valence-corrected chi connectivity index (χ1v) is 8.06. The summed E-state index contributed by atoms with van der Waals surface area (Å²) in [5.74, 6) is 0.401. The minimum Gasteiger partial charge on any atom is -0.350 e. The van der Waals surface area contributed by atoms with E-state index in [0.717, 1.165) is 23.4 Å². The highest BCUT2D eigenvalue weighted by molar-refractivity contribution is 6.31. The van der Waals surface area contributed by atoms with Crippen LogP contribution in [0.1, 0.15) is 54.0 Å². The van der Waals surface area contributed by atoms with Crippen LogP contribution in [0.3, 0.4) is 0 Å². The molecule has 1 aliphatic carbocycles. The van der Waals surface area contributed by atoms with Gasteiger partial charge in [0.2, 0.25) is 5.91 Å². The van der Waals surface area contributed by atoms with Crippen LogP contribution in [-0.4, -0.2) is 5.91 Å². The lowest BCUT2D eigenvalue weighted by atomic mass is 9.76. The number of hydrogen-bond acceptors (Lipinski definition) is 1. The van der Waals surface area contributed by atoms with Gasteiger partial charge in [0.1, 0.15) is 0 Å². The fraction of sp³-hybridized carbons (Fsp3) is 0.316. The molecule has 22 heavy (non-hydrogen) atoms. The Morgan fingerprint density at radius 3 is 2.55 bits per heavy atom. The number of carbonyl (C=O) groups is 1. The van der Waals surface area contributed by atoms with Crippen LogP contribution in [0.4, 0.5) is 0 Å². The minimum atomic E-state index is 0.0283. The van der Waals surface area contributed by atoms with E-state index >= 15 is 0 Å². The summed E-state index contributed by atoms with van der Waals surface area (Å²) in [5, 5.41) is 3.88. The lowest BCUT2D eigenvalue weighted by Gasteiger charge is -2.32. The van der Waals surface area contributed by atoms with Crippen LogP contribution in [0.5, 0.6) is 0 Å². The molecule has 0 saturated heterocycles. The van der Waals surface area contributed by atoms with E-state index in [1.807, 2.05) is 19.1 Å². The Bertz CT molecular complexity index is 710. The molecule has 1 aliphatic rings. The Balaban J connectivity index is 2.00. The number of halogens is 1. The molecular weight excluding hydrogens is 294 g/mol. The van der Waals surface area contributed by atoms with Crippen molar-refractivity contribution in [2.45, 2.75) is 38.6 Å². The van der Waals surface area contributed by atoms with E-state index < -0.39 is 0 Å². The van der Waals surface area contributed by atoms with Crippen molar-refractivity contribution in [2.75, 3.05) is 0 Å². The van der Waals surface area contributed by atoms with Crippen molar-refractivity contribution in [3.63, 3.8) is 0 Å². The first-order valence-electron chi connectivity index (χ1n) is 7.68. The molecule has 3 heteroatoms. The Morgan fingerprint density at radius 2 is 1.86 bits per heavy atom. The van der Waals surface area contributed by atoms with Crippen molar-refractivity contribution in [3.05, 3.63) is 69.7 Å². The average molecular weight is 314 g/mol. The van der Waals surface area contributed by atoms with Gasteiger partial charge >= 0.3 is 0 Å². The SMILES string of the molecule is CC(=O)NC1CCC(c2ccc(Cl)c(C)c2)c2ccccc21. The summed E-state index contributed by atoms with van der Waals surface area (Å²) in [6, 6.07) is 14.8. The van der Waals surface area contributed by atoms with Gasteiger partial charge in [-0.05, 0) is 48.1 Å². The van der Waals surface area contributed by atoms with Crippen LogP contribution >= 0.6 is 11.6 Å². The van der Waals surface area contributed by atoms with Gasteiger partial charge in [0.15, 0.2) is 0 Å². The van der Waals surface area contributed by atoms with Gasteiger partial charge in [-0.15, -0.1) is 0 Å². The summed E-state index contributed by atoms with van der Waals surface area (Å²) in [7, 11) is 0. The highest BCUT2D eigenvalue weighted by Gasteiger charge is 2.28. The van der Waals surface area contributed by atoms with E-state index in [4.69, 9.17) is 11.6 Å². The largest absolute Gasteiger partial charge is 0.350 e. The highest BCUT2D eigenvalue weighted by Crippen LogP contribution is 2.41. The van der Waals surface area contributed by atoms with Gasteiger partial charge in [0.05, 0.1) is 6.04 Å². The molecule has 0 saturated carbocycles. The predicted octanol–water partition coefficient (Wildman–Crippen LogP) is 4.75. The first kappa shape index (κ1) is 15.1. The highest BCUT2D eigenvalue weighted by atomic mass is 35.5. The van der Waals surface area contributed by atoms with E-state index in [0.29, 0.717) is 5.92 Å². The summed E-state index contributed by atoms with van der Waals surface area (Å²) in [6.45, 7) is 3.62. The number of hydrogen-bond donors (Lipinski definition) is 1. The third-order valence-electron chi connectivity index (χ3n) is 4.45. The monoisotopic (exact) mass is 313 g/mol. The fourth-order valence-electron chi connectivity index (χ4n) is 3.42. The second-order valence-electron chi connectivity index (χ2n) is 6.02. The number of rotatable bonds is 2. The molecule has 0 heterocycles. The van der Waals surface area contributed by atoms with Crippen molar-refractivity contribution < 1.29 is 4.79 Å². The molecule has 0 aliphatic heterocycles. The second-order valence-corrected chi connectivity index (χ2v) is 6.43. The molecule has 114 valence electrons. The van der Waals surface area contributed by atoms with Crippen molar-refractivity contribution in [2.24, 2.45) is 0 Å². The molecule has 3 rings (SSSR count). The van der Waals surface area contributed by atoms with Crippen LogP contribution in [0.15, 0.2) is 42.5 Å². The normalized spacial score (nSPS) is 20.3. The predicted molar refractivity (Wildman–Crippen MR) is 90.3 cm³/mol. The van der Waals surface area contributed by atoms with Gasteiger partial charge in [0, 0.05) is 17.9 Å². The number of fused-ring (bicyclic) bond motifs is 1. The lowest BCUT2D eigenvalue weighted by molar-refractivity contribution is -0.119. The van der Waals surface area contributed by atoms with Gasteiger partial charge in [-0.25, -0.2) is 0 Å². The maximum Gasteiger partial charge on any atom is 0.217 e. The summed E-state index contributed by atoms with van der Waals surface area (Å²) < 4.78 is 0. The third-order valence-corrected chi connectivity index (χ3v) is 4.88. The Hall–Kier alpha value is -1.80. The number of nitrogens with one attached hydrogen (secondary N) is 1. The molecule has 2 aromatic rings. The van der Waals surface area contributed by atoms with E-state index in [1.54, 1.807) is 6.92 Å². The Morgan fingerprint density at radius 1 is 1.14 bits per heavy atom. The molecule has 0 fully saturated rings. The van der Waals surface area contributed by atoms with Gasteiger partial charge in [-0.1, -0.05) is 48.0 Å². The summed E-state index contributed by atoms with van der Waals surface area (Å²) in [6.07, 6.45) is 1.99. The van der Waals surface area contributed by atoms with Gasteiger partial charge < -0.3 is 5.32 Å². The van der Waals surface area contributed by atoms with Crippen LogP contribution in [0.2, 0.25) is 5.02 Å². The van der Waals surface area contributed by atoms with E-state index in [-0.39, 0.29) is 11.9 Å². The number of aryl methyl sites for hydroxylation is 1. The molecule has 1 amide bonds. The summed E-state index contributed by atoms with van der Waals surface area (Å²) >= 11 is 6.15. The molecule has 1 N–H and O–H groups in total. The zero-order chi connectivity index (χ0) is 15.7. The average Bonchev–Trinajstić information content (AvgIpc) is 2.50. The van der Waals surface area contributed by atoms with Gasteiger partial charge in [0.25, 0.3) is 0 Å². The van der Waals surface area contributed by atoms with E-state index in [1.165, 1.54) is 16.7 Å². The van der Waals surface area contributed by atoms with Crippen LogP contribution in [-0.2, 0) is 4.79 Å². The second kappa shape index (κ2) is 6.13. The smallest absolute Gasteiger partial charge is 0.217 e. The molecule has 2 unspecified atom stereocenters. The maximum atomic E-state index is 11.4. The van der Waals surface area contributed by atoms with Crippen molar-refractivity contribution in [1.82, 2.24) is 5.32 Å². The van der Waals surface area contributed by atoms with Crippen LogP contribution in [0.25, 0.3) is 0 Å². The standard InChI is InChI=1S/C19H20ClNO/c1-12-11-14(7-9-18(12)20)15-8-10-19(21-13(2)22)17-6-4-3-5-16(15)17/h3-7,9,11,15,19H,8,10H2,1-2H3,(H,21,22). The van der Waals surface area contributed by atoms with Crippen molar-refractivity contribution in [3.8, 4) is 0 Å². The topological polar surface area (TPSA) is 29.1 Å². The van der Waals surface area contributed by atoms with Gasteiger partial charge in [-0.2, -0.15) is 0 Å². The molecule has 0 bridgehead atoms. The molecule has 0 radical (unpaired) electrons.